The monoisotopic (exact) mass is 388 g/mol. The Morgan fingerprint density at radius 1 is 1.11 bits per heavy atom. The number of nitrogens with two attached hydrogens (primary N) is 1. The number of hydrogen-bond acceptors (Lipinski definition) is 5. The molecule has 0 aliphatic rings. The van der Waals surface area contributed by atoms with Crippen molar-refractivity contribution >= 4 is 22.5 Å². The lowest BCUT2D eigenvalue weighted by Crippen LogP contribution is -2.07. The van der Waals surface area contributed by atoms with Crippen LogP contribution in [0.4, 0.5) is 10.2 Å². The van der Waals surface area contributed by atoms with Crippen LogP contribution in [-0.2, 0) is 21.2 Å². The van der Waals surface area contributed by atoms with E-state index in [9.17, 15) is 17.6 Å². The summed E-state index contributed by atoms with van der Waals surface area (Å²) in [4.78, 5) is 12.0. The fourth-order valence-electron chi connectivity index (χ4n) is 2.81. The second-order valence-corrected chi connectivity index (χ2v) is 6.80. The summed E-state index contributed by atoms with van der Waals surface area (Å²) in [5, 5.41) is 0. The molecule has 3 rings (SSSR count). The Labute approximate surface area is 156 Å². The molecular formula is C19H17FN2O4S. The quantitative estimate of drug-likeness (QED) is 0.518. The highest BCUT2D eigenvalue weighted by Gasteiger charge is 2.21. The van der Waals surface area contributed by atoms with Gasteiger partial charge in [-0.25, -0.2) is 17.6 Å². The average molecular weight is 388 g/mol. The molecule has 2 aromatic carbocycles. The van der Waals surface area contributed by atoms with Gasteiger partial charge in [0, 0.05) is 5.69 Å². The van der Waals surface area contributed by atoms with Crippen molar-refractivity contribution in [1.82, 2.24) is 4.57 Å². The Kier molecular flexibility index (Phi) is 5.27. The average Bonchev–Trinajstić information content (AvgIpc) is 2.99. The molecule has 140 valence electrons. The number of aromatic nitrogens is 1. The second-order valence-electron chi connectivity index (χ2n) is 5.82. The summed E-state index contributed by atoms with van der Waals surface area (Å²) in [5.74, 6) is -0.871. The first kappa shape index (κ1) is 18.7. The van der Waals surface area contributed by atoms with Gasteiger partial charge in [-0.2, -0.15) is 0 Å². The Hall–Kier alpha value is -3.13. The van der Waals surface area contributed by atoms with E-state index >= 15 is 0 Å². The first-order valence-corrected chi connectivity index (χ1v) is 9.33. The van der Waals surface area contributed by atoms with Gasteiger partial charge in [0.25, 0.3) is 0 Å². The minimum atomic E-state index is -2.52. The maximum atomic E-state index is 13.3. The summed E-state index contributed by atoms with van der Waals surface area (Å²) >= 11 is 0. The van der Waals surface area contributed by atoms with E-state index in [0.717, 1.165) is 0 Å². The molecule has 1 heterocycles. The van der Waals surface area contributed by atoms with Gasteiger partial charge in [-0.1, -0.05) is 24.3 Å². The number of hydrogen-bond donors (Lipinski definition) is 2. The van der Waals surface area contributed by atoms with E-state index in [1.165, 1.54) is 19.2 Å². The maximum Gasteiger partial charge on any atom is 0.341 e. The molecule has 0 fully saturated rings. The van der Waals surface area contributed by atoms with Crippen LogP contribution in [0.1, 0.15) is 15.9 Å². The third kappa shape index (κ3) is 3.85. The molecule has 0 amide bonds. The number of methoxy groups -OCH3 is 1. The molecule has 0 saturated carbocycles. The van der Waals surface area contributed by atoms with Gasteiger partial charge in [-0.05, 0) is 41.5 Å². The zero-order valence-corrected chi connectivity index (χ0v) is 15.3. The third-order valence-electron chi connectivity index (χ3n) is 4.09. The summed E-state index contributed by atoms with van der Waals surface area (Å²) in [7, 11) is -1.26. The van der Waals surface area contributed by atoms with E-state index in [1.54, 1.807) is 47.0 Å². The number of thiol groups is 1. The molecule has 0 aliphatic carbocycles. The molecule has 2 N–H and O–H groups in total. The maximum absolute atomic E-state index is 13.3. The molecular weight excluding hydrogens is 371 g/mol. The van der Waals surface area contributed by atoms with Crippen molar-refractivity contribution in [1.29, 1.82) is 0 Å². The van der Waals surface area contributed by atoms with Gasteiger partial charge in [0.2, 0.25) is 0 Å². The zero-order chi connectivity index (χ0) is 19.6. The fourth-order valence-corrected chi connectivity index (χ4v) is 3.32. The molecule has 3 aromatic rings. The number of anilines is 1. The van der Waals surface area contributed by atoms with Crippen LogP contribution in [0.2, 0.25) is 0 Å². The minimum Gasteiger partial charge on any atom is -0.465 e. The van der Waals surface area contributed by atoms with Crippen molar-refractivity contribution in [3.63, 3.8) is 0 Å². The number of benzene rings is 2. The smallest absolute Gasteiger partial charge is 0.341 e. The van der Waals surface area contributed by atoms with Crippen LogP contribution in [0.25, 0.3) is 16.9 Å². The molecule has 27 heavy (non-hydrogen) atoms. The number of nitrogen functional groups attached to an aromatic ring is 1. The van der Waals surface area contributed by atoms with Gasteiger partial charge in [-0.3, -0.25) is 4.57 Å². The lowest BCUT2D eigenvalue weighted by atomic mass is 10.1. The zero-order valence-electron chi connectivity index (χ0n) is 14.4. The lowest BCUT2D eigenvalue weighted by molar-refractivity contribution is 0.0602. The van der Waals surface area contributed by atoms with Gasteiger partial charge in [0.05, 0.1) is 18.6 Å². The Morgan fingerprint density at radius 2 is 1.74 bits per heavy atom. The first-order chi connectivity index (χ1) is 12.9. The molecule has 0 spiro atoms. The SMILES string of the molecule is COC(=O)c1cc(-c2ccc(C[SH](=O)=O)cc2)n(-c2ccc(F)cc2)c1N. The predicted molar refractivity (Wildman–Crippen MR) is 101 cm³/mol. The summed E-state index contributed by atoms with van der Waals surface area (Å²) in [5.41, 5.74) is 8.89. The van der Waals surface area contributed by atoms with Gasteiger partial charge in [0.15, 0.2) is 0 Å². The molecule has 8 heteroatoms. The number of halogens is 1. The Bertz CT molecular complexity index is 1050. The van der Waals surface area contributed by atoms with Crippen LogP contribution in [0, 0.1) is 5.82 Å². The standard InChI is InChI=1S/C19H17FN2O4S/c1-26-19(23)16-10-17(13-4-2-12(3-5-13)11-27(24)25)22(18(16)21)15-8-6-14(20)7-9-15/h2-10,27H,11,21H2,1H3. The largest absolute Gasteiger partial charge is 0.465 e. The van der Waals surface area contributed by atoms with Crippen molar-refractivity contribution < 1.29 is 22.3 Å². The van der Waals surface area contributed by atoms with Gasteiger partial charge in [-0.15, -0.1) is 0 Å². The third-order valence-corrected chi connectivity index (χ3v) is 4.71. The number of ether oxygens (including phenoxy) is 1. The van der Waals surface area contributed by atoms with Crippen molar-refractivity contribution in [2.45, 2.75) is 5.75 Å². The molecule has 1 aromatic heterocycles. The molecule has 0 bridgehead atoms. The molecule has 0 unspecified atom stereocenters. The van der Waals surface area contributed by atoms with Crippen molar-refractivity contribution in [2.24, 2.45) is 0 Å². The molecule has 0 radical (unpaired) electrons. The van der Waals surface area contributed by atoms with Crippen molar-refractivity contribution in [2.75, 3.05) is 12.8 Å². The second kappa shape index (κ2) is 7.63. The number of carbonyl (C=O) groups excluding carboxylic acids is 1. The molecule has 6 nitrogen and oxygen atoms in total. The van der Waals surface area contributed by atoms with E-state index in [4.69, 9.17) is 10.5 Å². The van der Waals surface area contributed by atoms with Crippen LogP contribution in [0.15, 0.2) is 54.6 Å². The van der Waals surface area contributed by atoms with E-state index in [1.807, 2.05) is 0 Å². The van der Waals surface area contributed by atoms with Gasteiger partial charge in [0.1, 0.15) is 27.9 Å². The van der Waals surface area contributed by atoms with Gasteiger partial charge >= 0.3 is 5.97 Å². The summed E-state index contributed by atoms with van der Waals surface area (Å²) in [6, 6.07) is 14.1. The molecule has 0 aliphatic heterocycles. The molecule has 0 saturated heterocycles. The van der Waals surface area contributed by atoms with E-state index < -0.39 is 22.5 Å². The van der Waals surface area contributed by atoms with Crippen molar-refractivity contribution in [3.8, 4) is 16.9 Å². The summed E-state index contributed by atoms with van der Waals surface area (Å²) < 4.78 is 41.5. The Balaban J connectivity index is 2.15. The van der Waals surface area contributed by atoms with Crippen LogP contribution < -0.4 is 5.73 Å². The highest BCUT2D eigenvalue weighted by atomic mass is 32.2. The van der Waals surface area contributed by atoms with Crippen molar-refractivity contribution in [3.05, 3.63) is 71.5 Å². The van der Waals surface area contributed by atoms with Crippen LogP contribution in [0.5, 0.6) is 0 Å². The predicted octanol–water partition coefficient (Wildman–Crippen LogP) is 2.76. The van der Waals surface area contributed by atoms with Gasteiger partial charge < -0.3 is 10.5 Å². The first-order valence-electron chi connectivity index (χ1n) is 7.97. The normalized spacial score (nSPS) is 10.9. The fraction of sp³-hybridized carbons (Fsp3) is 0.105. The summed E-state index contributed by atoms with van der Waals surface area (Å²) in [6.07, 6.45) is 0. The highest BCUT2D eigenvalue weighted by molar-refractivity contribution is 7.71. The lowest BCUT2D eigenvalue weighted by Gasteiger charge is -2.12. The van der Waals surface area contributed by atoms with E-state index in [2.05, 4.69) is 0 Å². The van der Waals surface area contributed by atoms with E-state index in [0.29, 0.717) is 22.5 Å². The minimum absolute atomic E-state index is 0.0515. The molecule has 0 atom stereocenters. The summed E-state index contributed by atoms with van der Waals surface area (Å²) in [6.45, 7) is 0. The van der Waals surface area contributed by atoms with Crippen LogP contribution >= 0.6 is 0 Å². The number of carbonyl (C=O) groups is 1. The number of rotatable bonds is 5. The highest BCUT2D eigenvalue weighted by Crippen LogP contribution is 2.32. The van der Waals surface area contributed by atoms with E-state index in [-0.39, 0.29) is 17.1 Å². The number of nitrogens with zero attached hydrogens (tertiary/aromatic N) is 1. The topological polar surface area (TPSA) is 91.4 Å². The Morgan fingerprint density at radius 3 is 2.30 bits per heavy atom. The van der Waals surface area contributed by atoms with Crippen LogP contribution in [-0.4, -0.2) is 26.1 Å². The van der Waals surface area contributed by atoms with Crippen LogP contribution in [0.3, 0.4) is 0 Å². The number of esters is 1.